The second-order valence-electron chi connectivity index (χ2n) is 4.09. The summed E-state index contributed by atoms with van der Waals surface area (Å²) >= 11 is 9.51. The number of pyridine rings is 1. The van der Waals surface area contributed by atoms with Gasteiger partial charge >= 0.3 is 0 Å². The molecule has 90 valence electrons. The van der Waals surface area contributed by atoms with E-state index in [0.29, 0.717) is 17.5 Å². The predicted octanol–water partition coefficient (Wildman–Crippen LogP) is 2.92. The average molecular weight is 307 g/mol. The Bertz CT molecular complexity index is 344. The second-order valence-corrected chi connectivity index (χ2v) is 5.41. The molecule has 1 aromatic heterocycles. The van der Waals surface area contributed by atoms with Crippen molar-refractivity contribution in [2.75, 3.05) is 24.5 Å². The van der Waals surface area contributed by atoms with Crippen LogP contribution in [0.3, 0.4) is 0 Å². The standard InChI is InChI=1S/C11H17BrClN3/c1-8(2)7-16(4-3-14)11-10(13)5-9(12)6-15-11/h5-6,8H,3-4,7,14H2,1-2H3. The van der Waals surface area contributed by atoms with E-state index in [-0.39, 0.29) is 0 Å². The van der Waals surface area contributed by atoms with E-state index in [1.165, 1.54) is 0 Å². The van der Waals surface area contributed by atoms with Crippen LogP contribution >= 0.6 is 27.5 Å². The molecule has 0 bridgehead atoms. The molecule has 3 nitrogen and oxygen atoms in total. The fourth-order valence-electron chi connectivity index (χ4n) is 1.52. The van der Waals surface area contributed by atoms with Crippen molar-refractivity contribution in [2.24, 2.45) is 11.7 Å². The Kier molecular flexibility index (Phi) is 5.52. The van der Waals surface area contributed by atoms with Crippen LogP contribution in [0.5, 0.6) is 0 Å². The van der Waals surface area contributed by atoms with E-state index in [2.05, 4.69) is 39.7 Å². The molecule has 0 amide bonds. The van der Waals surface area contributed by atoms with E-state index >= 15 is 0 Å². The summed E-state index contributed by atoms with van der Waals surface area (Å²) in [5.41, 5.74) is 5.60. The Balaban J connectivity index is 2.91. The monoisotopic (exact) mass is 305 g/mol. The molecule has 16 heavy (non-hydrogen) atoms. The van der Waals surface area contributed by atoms with Crippen LogP contribution in [0.4, 0.5) is 5.82 Å². The lowest BCUT2D eigenvalue weighted by Gasteiger charge is -2.25. The van der Waals surface area contributed by atoms with Crippen molar-refractivity contribution >= 4 is 33.3 Å². The SMILES string of the molecule is CC(C)CN(CCN)c1ncc(Br)cc1Cl. The van der Waals surface area contributed by atoms with E-state index < -0.39 is 0 Å². The molecule has 0 aromatic carbocycles. The van der Waals surface area contributed by atoms with Gasteiger partial charge in [0.2, 0.25) is 0 Å². The first-order valence-electron chi connectivity index (χ1n) is 5.30. The summed E-state index contributed by atoms with van der Waals surface area (Å²) in [7, 11) is 0. The summed E-state index contributed by atoms with van der Waals surface area (Å²) < 4.78 is 0.887. The normalized spacial score (nSPS) is 10.9. The van der Waals surface area contributed by atoms with Gasteiger partial charge in [-0.1, -0.05) is 25.4 Å². The van der Waals surface area contributed by atoms with Crippen molar-refractivity contribution in [1.82, 2.24) is 4.98 Å². The van der Waals surface area contributed by atoms with E-state index in [1.54, 1.807) is 6.20 Å². The van der Waals surface area contributed by atoms with Crippen molar-refractivity contribution < 1.29 is 0 Å². The van der Waals surface area contributed by atoms with Crippen molar-refractivity contribution in [1.29, 1.82) is 0 Å². The Morgan fingerprint density at radius 3 is 2.75 bits per heavy atom. The molecule has 0 aliphatic carbocycles. The van der Waals surface area contributed by atoms with Gasteiger partial charge < -0.3 is 10.6 Å². The molecule has 0 aliphatic heterocycles. The molecule has 1 aromatic rings. The predicted molar refractivity (Wildman–Crippen MR) is 73.1 cm³/mol. The number of aromatic nitrogens is 1. The Labute approximate surface area is 110 Å². The van der Waals surface area contributed by atoms with E-state index in [1.807, 2.05) is 6.07 Å². The van der Waals surface area contributed by atoms with Gasteiger partial charge in [0.15, 0.2) is 0 Å². The van der Waals surface area contributed by atoms with E-state index in [9.17, 15) is 0 Å². The first-order chi connectivity index (χ1) is 7.54. The van der Waals surface area contributed by atoms with Gasteiger partial charge in [-0.3, -0.25) is 0 Å². The van der Waals surface area contributed by atoms with E-state index in [0.717, 1.165) is 23.4 Å². The number of halogens is 2. The Morgan fingerprint density at radius 1 is 1.56 bits per heavy atom. The number of hydrogen-bond donors (Lipinski definition) is 1. The Morgan fingerprint density at radius 2 is 2.25 bits per heavy atom. The minimum Gasteiger partial charge on any atom is -0.354 e. The van der Waals surface area contributed by atoms with Gasteiger partial charge in [-0.05, 0) is 27.9 Å². The lowest BCUT2D eigenvalue weighted by Crippen LogP contribution is -2.33. The third kappa shape index (κ3) is 3.92. The molecule has 0 saturated heterocycles. The zero-order chi connectivity index (χ0) is 12.1. The van der Waals surface area contributed by atoms with Crippen LogP contribution < -0.4 is 10.6 Å². The number of hydrogen-bond acceptors (Lipinski definition) is 3. The summed E-state index contributed by atoms with van der Waals surface area (Å²) in [5, 5.41) is 0.656. The van der Waals surface area contributed by atoms with Crippen molar-refractivity contribution in [3.8, 4) is 0 Å². The molecule has 0 spiro atoms. The summed E-state index contributed by atoms with van der Waals surface area (Å²) in [6.45, 7) is 6.60. The molecule has 0 saturated carbocycles. The molecule has 1 rings (SSSR count). The van der Waals surface area contributed by atoms with Gasteiger partial charge in [-0.2, -0.15) is 0 Å². The highest BCUT2D eigenvalue weighted by atomic mass is 79.9. The van der Waals surface area contributed by atoms with Crippen LogP contribution in [-0.4, -0.2) is 24.6 Å². The summed E-state index contributed by atoms with van der Waals surface area (Å²) in [6, 6.07) is 1.85. The van der Waals surface area contributed by atoms with Crippen LogP contribution in [0.15, 0.2) is 16.7 Å². The molecule has 2 N–H and O–H groups in total. The molecular weight excluding hydrogens is 289 g/mol. The summed E-state index contributed by atoms with van der Waals surface area (Å²) in [5.74, 6) is 1.36. The maximum absolute atomic E-state index is 6.17. The van der Waals surface area contributed by atoms with Crippen molar-refractivity contribution in [3.63, 3.8) is 0 Å². The van der Waals surface area contributed by atoms with Crippen LogP contribution in [0, 0.1) is 5.92 Å². The van der Waals surface area contributed by atoms with Gasteiger partial charge in [-0.15, -0.1) is 0 Å². The van der Waals surface area contributed by atoms with Crippen LogP contribution in [-0.2, 0) is 0 Å². The topological polar surface area (TPSA) is 42.1 Å². The first-order valence-corrected chi connectivity index (χ1v) is 6.47. The second kappa shape index (κ2) is 6.42. The van der Waals surface area contributed by atoms with Crippen molar-refractivity contribution in [3.05, 3.63) is 21.8 Å². The van der Waals surface area contributed by atoms with Crippen LogP contribution in [0.25, 0.3) is 0 Å². The highest BCUT2D eigenvalue weighted by molar-refractivity contribution is 9.10. The number of anilines is 1. The Hall–Kier alpha value is -0.320. The fourth-order valence-corrected chi connectivity index (χ4v) is 2.27. The van der Waals surface area contributed by atoms with Gasteiger partial charge in [0.1, 0.15) is 5.82 Å². The molecule has 0 radical (unpaired) electrons. The first kappa shape index (κ1) is 13.7. The average Bonchev–Trinajstić information content (AvgIpc) is 2.16. The molecule has 0 atom stereocenters. The zero-order valence-electron chi connectivity index (χ0n) is 9.58. The summed E-state index contributed by atoms with van der Waals surface area (Å²) in [6.07, 6.45) is 1.76. The summed E-state index contributed by atoms with van der Waals surface area (Å²) in [4.78, 5) is 6.47. The molecular formula is C11H17BrClN3. The smallest absolute Gasteiger partial charge is 0.147 e. The van der Waals surface area contributed by atoms with Crippen LogP contribution in [0.2, 0.25) is 5.02 Å². The molecule has 5 heteroatoms. The maximum atomic E-state index is 6.17. The highest BCUT2D eigenvalue weighted by Crippen LogP contribution is 2.26. The minimum atomic E-state index is 0.549. The fraction of sp³-hybridized carbons (Fsp3) is 0.545. The van der Waals surface area contributed by atoms with Gasteiger partial charge in [0.25, 0.3) is 0 Å². The third-order valence-electron chi connectivity index (χ3n) is 2.07. The lowest BCUT2D eigenvalue weighted by molar-refractivity contribution is 0.607. The number of nitrogens with two attached hydrogens (primary N) is 1. The van der Waals surface area contributed by atoms with Gasteiger partial charge in [-0.25, -0.2) is 4.98 Å². The van der Waals surface area contributed by atoms with E-state index in [4.69, 9.17) is 17.3 Å². The van der Waals surface area contributed by atoms with Crippen LogP contribution in [0.1, 0.15) is 13.8 Å². The molecule has 0 fully saturated rings. The lowest BCUT2D eigenvalue weighted by atomic mass is 10.2. The quantitative estimate of drug-likeness (QED) is 0.909. The molecule has 0 unspecified atom stereocenters. The number of nitrogens with zero attached hydrogens (tertiary/aromatic N) is 2. The van der Waals surface area contributed by atoms with Gasteiger partial charge in [0, 0.05) is 30.3 Å². The maximum Gasteiger partial charge on any atom is 0.147 e. The number of rotatable bonds is 5. The largest absolute Gasteiger partial charge is 0.354 e. The third-order valence-corrected chi connectivity index (χ3v) is 2.78. The molecule has 0 aliphatic rings. The molecule has 1 heterocycles. The van der Waals surface area contributed by atoms with Gasteiger partial charge in [0.05, 0.1) is 5.02 Å². The minimum absolute atomic E-state index is 0.549. The zero-order valence-corrected chi connectivity index (χ0v) is 11.9. The highest BCUT2D eigenvalue weighted by Gasteiger charge is 2.12. The van der Waals surface area contributed by atoms with Crippen molar-refractivity contribution in [2.45, 2.75) is 13.8 Å².